The van der Waals surface area contributed by atoms with Crippen LogP contribution in [-0.4, -0.2) is 47.1 Å². The van der Waals surface area contributed by atoms with Crippen molar-refractivity contribution in [3.8, 4) is 0 Å². The highest BCUT2D eigenvalue weighted by Gasteiger charge is 2.19. The molecule has 5 nitrogen and oxygen atoms in total. The molecule has 0 saturated carbocycles. The molecule has 0 unspecified atom stereocenters. The maximum Gasteiger partial charge on any atom is 0.328 e. The van der Waals surface area contributed by atoms with Crippen LogP contribution in [0.15, 0.2) is 48.7 Å². The number of pyridine rings is 1. The van der Waals surface area contributed by atoms with E-state index in [-0.39, 0.29) is 0 Å². The molecule has 1 aromatic carbocycles. The predicted molar refractivity (Wildman–Crippen MR) is 99.6 cm³/mol. The van der Waals surface area contributed by atoms with Gasteiger partial charge in [0.05, 0.1) is 0 Å². The van der Waals surface area contributed by atoms with Crippen LogP contribution in [0.3, 0.4) is 0 Å². The molecule has 5 heteroatoms. The Labute approximate surface area is 148 Å². The van der Waals surface area contributed by atoms with Gasteiger partial charge in [-0.3, -0.25) is 4.90 Å². The van der Waals surface area contributed by atoms with Crippen LogP contribution in [0.25, 0.3) is 6.08 Å². The van der Waals surface area contributed by atoms with Crippen LogP contribution in [0.4, 0.5) is 5.82 Å². The highest BCUT2D eigenvalue weighted by molar-refractivity contribution is 5.85. The lowest BCUT2D eigenvalue weighted by molar-refractivity contribution is -0.131. The third-order valence-electron chi connectivity index (χ3n) is 4.41. The molecule has 2 aromatic rings. The summed E-state index contributed by atoms with van der Waals surface area (Å²) in [7, 11) is 0. The third-order valence-corrected chi connectivity index (χ3v) is 4.41. The standard InChI is InChI=1S/C20H23N3O2/c1-16-13-18(7-8-19(24)25)14-21-20(16)23-11-9-22(10-12-23)15-17-5-3-2-4-6-17/h2-8,13-14H,9-12,15H2,1H3,(H,24,25)/b8-7+. The van der Waals surface area contributed by atoms with Crippen molar-refractivity contribution in [3.63, 3.8) is 0 Å². The number of anilines is 1. The molecule has 0 radical (unpaired) electrons. The normalized spacial score (nSPS) is 15.6. The van der Waals surface area contributed by atoms with Crippen LogP contribution in [0.2, 0.25) is 0 Å². The van der Waals surface area contributed by atoms with Gasteiger partial charge in [-0.05, 0) is 35.8 Å². The summed E-state index contributed by atoms with van der Waals surface area (Å²) >= 11 is 0. The summed E-state index contributed by atoms with van der Waals surface area (Å²) in [5.41, 5.74) is 3.23. The number of carboxylic acid groups (broad SMARTS) is 1. The molecule has 1 fully saturated rings. The molecule has 1 aromatic heterocycles. The Kier molecular flexibility index (Phi) is 5.46. The molecule has 0 bridgehead atoms. The van der Waals surface area contributed by atoms with E-state index < -0.39 is 5.97 Å². The zero-order valence-corrected chi connectivity index (χ0v) is 14.4. The van der Waals surface area contributed by atoms with Crippen molar-refractivity contribution in [2.45, 2.75) is 13.5 Å². The minimum absolute atomic E-state index is 0.811. The summed E-state index contributed by atoms with van der Waals surface area (Å²) in [6, 6.07) is 12.5. The SMILES string of the molecule is Cc1cc(/C=C/C(=O)O)cnc1N1CCN(Cc2ccccc2)CC1. The van der Waals surface area contributed by atoms with Crippen molar-refractivity contribution in [1.82, 2.24) is 9.88 Å². The van der Waals surface area contributed by atoms with Gasteiger partial charge in [-0.25, -0.2) is 9.78 Å². The quantitative estimate of drug-likeness (QED) is 0.850. The van der Waals surface area contributed by atoms with Crippen LogP contribution in [0, 0.1) is 6.92 Å². The van der Waals surface area contributed by atoms with Gasteiger partial charge in [0.1, 0.15) is 5.82 Å². The maximum absolute atomic E-state index is 10.6. The second kappa shape index (κ2) is 7.94. The smallest absolute Gasteiger partial charge is 0.328 e. The molecule has 0 atom stereocenters. The van der Waals surface area contributed by atoms with E-state index in [2.05, 4.69) is 39.0 Å². The molecule has 0 aliphatic carbocycles. The zero-order valence-electron chi connectivity index (χ0n) is 14.4. The molecule has 1 aliphatic rings. The van der Waals surface area contributed by atoms with E-state index in [4.69, 9.17) is 5.11 Å². The molecule has 2 heterocycles. The van der Waals surface area contributed by atoms with Crippen molar-refractivity contribution < 1.29 is 9.90 Å². The predicted octanol–water partition coefficient (Wildman–Crippen LogP) is 2.81. The molecule has 1 N–H and O–H groups in total. The molecule has 25 heavy (non-hydrogen) atoms. The van der Waals surface area contributed by atoms with Crippen LogP contribution in [0.1, 0.15) is 16.7 Å². The lowest BCUT2D eigenvalue weighted by Crippen LogP contribution is -2.46. The second-order valence-corrected chi connectivity index (χ2v) is 6.33. The van der Waals surface area contributed by atoms with E-state index in [0.29, 0.717) is 0 Å². The number of rotatable bonds is 5. The lowest BCUT2D eigenvalue weighted by Gasteiger charge is -2.36. The Morgan fingerprint density at radius 2 is 1.92 bits per heavy atom. The summed E-state index contributed by atoms with van der Waals surface area (Å²) < 4.78 is 0. The van der Waals surface area contributed by atoms with Gasteiger partial charge in [-0.1, -0.05) is 30.3 Å². The number of carboxylic acids is 1. The number of hydrogen-bond donors (Lipinski definition) is 1. The lowest BCUT2D eigenvalue weighted by atomic mass is 10.1. The van der Waals surface area contributed by atoms with Gasteiger partial charge in [0.2, 0.25) is 0 Å². The molecular formula is C20H23N3O2. The fraction of sp³-hybridized carbons (Fsp3) is 0.300. The first kappa shape index (κ1) is 17.2. The van der Waals surface area contributed by atoms with Crippen molar-refractivity contribution >= 4 is 17.9 Å². The molecule has 1 saturated heterocycles. The topological polar surface area (TPSA) is 56.7 Å². The number of carbonyl (C=O) groups is 1. The fourth-order valence-corrected chi connectivity index (χ4v) is 3.14. The third kappa shape index (κ3) is 4.67. The maximum atomic E-state index is 10.6. The first-order valence-electron chi connectivity index (χ1n) is 8.51. The van der Waals surface area contributed by atoms with Crippen LogP contribution in [0.5, 0.6) is 0 Å². The average molecular weight is 337 g/mol. The Bertz CT molecular complexity index is 751. The van der Waals surface area contributed by atoms with E-state index in [1.54, 1.807) is 12.3 Å². The van der Waals surface area contributed by atoms with Crippen molar-refractivity contribution in [1.29, 1.82) is 0 Å². The largest absolute Gasteiger partial charge is 0.478 e. The molecular weight excluding hydrogens is 314 g/mol. The summed E-state index contributed by atoms with van der Waals surface area (Å²) in [6.07, 6.45) is 4.44. The first-order chi connectivity index (χ1) is 12.1. The van der Waals surface area contributed by atoms with Crippen LogP contribution < -0.4 is 4.90 Å². The molecule has 0 amide bonds. The number of hydrogen-bond acceptors (Lipinski definition) is 4. The zero-order chi connectivity index (χ0) is 17.6. The van der Waals surface area contributed by atoms with Crippen molar-refractivity contribution in [3.05, 3.63) is 65.4 Å². The Morgan fingerprint density at radius 3 is 2.56 bits per heavy atom. The highest BCUT2D eigenvalue weighted by Crippen LogP contribution is 2.20. The molecule has 3 rings (SSSR count). The fourth-order valence-electron chi connectivity index (χ4n) is 3.14. The summed E-state index contributed by atoms with van der Waals surface area (Å²) in [6.45, 7) is 6.93. The van der Waals surface area contributed by atoms with Crippen molar-refractivity contribution in [2.75, 3.05) is 31.1 Å². The summed E-state index contributed by atoms with van der Waals surface area (Å²) in [5.74, 6) is 0.0445. The molecule has 1 aliphatic heterocycles. The van der Waals surface area contributed by atoms with E-state index in [1.165, 1.54) is 5.56 Å². The van der Waals surface area contributed by atoms with Gasteiger partial charge < -0.3 is 10.0 Å². The Balaban J connectivity index is 1.60. The average Bonchev–Trinajstić information content (AvgIpc) is 2.62. The first-order valence-corrected chi connectivity index (χ1v) is 8.51. The highest BCUT2D eigenvalue weighted by atomic mass is 16.4. The summed E-state index contributed by atoms with van der Waals surface area (Å²) in [4.78, 5) is 19.9. The number of aromatic nitrogens is 1. The number of nitrogens with zero attached hydrogens (tertiary/aromatic N) is 3. The minimum Gasteiger partial charge on any atom is -0.478 e. The number of piperazine rings is 1. The van der Waals surface area contributed by atoms with Gasteiger partial charge in [0, 0.05) is 45.0 Å². The van der Waals surface area contributed by atoms with Gasteiger partial charge in [-0.2, -0.15) is 0 Å². The minimum atomic E-state index is -0.948. The van der Waals surface area contributed by atoms with E-state index in [0.717, 1.165) is 55.7 Å². The Morgan fingerprint density at radius 1 is 1.20 bits per heavy atom. The molecule has 130 valence electrons. The van der Waals surface area contributed by atoms with Gasteiger partial charge in [-0.15, -0.1) is 0 Å². The molecule has 0 spiro atoms. The Hall–Kier alpha value is -2.66. The van der Waals surface area contributed by atoms with E-state index >= 15 is 0 Å². The monoisotopic (exact) mass is 337 g/mol. The number of benzene rings is 1. The van der Waals surface area contributed by atoms with Crippen LogP contribution in [-0.2, 0) is 11.3 Å². The second-order valence-electron chi connectivity index (χ2n) is 6.33. The van der Waals surface area contributed by atoms with Gasteiger partial charge in [0.15, 0.2) is 0 Å². The van der Waals surface area contributed by atoms with E-state index in [9.17, 15) is 4.79 Å². The van der Waals surface area contributed by atoms with Gasteiger partial charge in [0.25, 0.3) is 0 Å². The van der Waals surface area contributed by atoms with E-state index in [1.807, 2.05) is 19.1 Å². The van der Waals surface area contributed by atoms with Crippen molar-refractivity contribution in [2.24, 2.45) is 0 Å². The summed E-state index contributed by atoms with van der Waals surface area (Å²) in [5, 5.41) is 8.71. The van der Waals surface area contributed by atoms with Crippen LogP contribution >= 0.6 is 0 Å². The number of aliphatic carboxylic acids is 1. The van der Waals surface area contributed by atoms with Gasteiger partial charge >= 0.3 is 5.97 Å². The number of aryl methyl sites for hydroxylation is 1.